The van der Waals surface area contributed by atoms with Crippen LogP contribution in [0.25, 0.3) is 11.1 Å². The molecule has 0 spiro atoms. The van der Waals surface area contributed by atoms with Gasteiger partial charge in [-0.25, -0.2) is 0 Å². The largest absolute Gasteiger partial charge is 0.502 e. The molecule has 1 fully saturated rings. The third-order valence-electron chi connectivity index (χ3n) is 11.2. The van der Waals surface area contributed by atoms with Crippen molar-refractivity contribution in [3.05, 3.63) is 64.2 Å². The van der Waals surface area contributed by atoms with E-state index >= 15 is 0 Å². The molecule has 5 aliphatic rings. The highest BCUT2D eigenvalue weighted by atomic mass is 16.5. The van der Waals surface area contributed by atoms with Gasteiger partial charge in [-0.3, -0.25) is 5.32 Å². The molecule has 3 aromatic rings. The van der Waals surface area contributed by atoms with Crippen LogP contribution >= 0.6 is 0 Å². The maximum Gasteiger partial charge on any atom is 0.200 e. The van der Waals surface area contributed by atoms with Gasteiger partial charge in [0, 0.05) is 70.9 Å². The number of anilines is 1. The molecular weight excluding hydrogens is 638 g/mol. The molecule has 266 valence electrons. The van der Waals surface area contributed by atoms with E-state index in [1.807, 2.05) is 19.2 Å². The molecule has 0 radical (unpaired) electrons. The zero-order valence-corrected chi connectivity index (χ0v) is 29.1. The van der Waals surface area contributed by atoms with Crippen LogP contribution in [0.1, 0.15) is 78.7 Å². The molecule has 3 aliphatic heterocycles. The molecule has 6 N–H and O–H groups in total. The number of ether oxygens (including phenoxy) is 5. The van der Waals surface area contributed by atoms with Gasteiger partial charge in [-0.05, 0) is 62.9 Å². The third kappa shape index (κ3) is 5.25. The minimum atomic E-state index is -1.03. The Bertz CT molecular complexity index is 1820. The average Bonchev–Trinajstić information content (AvgIpc) is 3.11. The van der Waals surface area contributed by atoms with Gasteiger partial charge in [-0.1, -0.05) is 18.6 Å². The Hall–Kier alpha value is -4.16. The van der Waals surface area contributed by atoms with Crippen LogP contribution < -0.4 is 39.6 Å². The van der Waals surface area contributed by atoms with E-state index in [2.05, 4.69) is 35.0 Å². The second kappa shape index (κ2) is 12.9. The van der Waals surface area contributed by atoms with Crippen molar-refractivity contribution in [3.8, 4) is 45.6 Å². The van der Waals surface area contributed by atoms with E-state index in [9.17, 15) is 15.3 Å². The first-order chi connectivity index (χ1) is 24.3. The number of aromatic hydroxyl groups is 1. The number of nitrogens with one attached hydrogen (secondary N) is 3. The molecule has 0 amide bonds. The Labute approximate surface area is 292 Å². The molecule has 0 saturated heterocycles. The summed E-state index contributed by atoms with van der Waals surface area (Å²) in [5.41, 5.74) is 6.12. The Morgan fingerprint density at radius 2 is 1.72 bits per heavy atom. The van der Waals surface area contributed by atoms with Crippen molar-refractivity contribution in [2.75, 3.05) is 46.3 Å². The van der Waals surface area contributed by atoms with E-state index in [1.54, 1.807) is 12.1 Å². The summed E-state index contributed by atoms with van der Waals surface area (Å²) >= 11 is 0. The molecule has 8 rings (SSSR count). The van der Waals surface area contributed by atoms with Crippen molar-refractivity contribution in [2.45, 2.75) is 75.5 Å². The highest BCUT2D eigenvalue weighted by Gasteiger charge is 2.47. The van der Waals surface area contributed by atoms with Crippen molar-refractivity contribution in [2.24, 2.45) is 5.92 Å². The predicted molar refractivity (Wildman–Crippen MR) is 189 cm³/mol. The van der Waals surface area contributed by atoms with E-state index in [-0.39, 0.29) is 35.8 Å². The number of methoxy groups -OCH3 is 2. The number of hydrogen-bond donors (Lipinski definition) is 6. The van der Waals surface area contributed by atoms with Crippen molar-refractivity contribution in [1.82, 2.24) is 10.6 Å². The Balaban J connectivity index is 1.27. The van der Waals surface area contributed by atoms with Gasteiger partial charge in [-0.2, -0.15) is 0 Å². The van der Waals surface area contributed by atoms with E-state index in [1.165, 1.54) is 14.2 Å². The van der Waals surface area contributed by atoms with E-state index < -0.39 is 24.0 Å². The van der Waals surface area contributed by atoms with Gasteiger partial charge in [0.2, 0.25) is 5.75 Å². The van der Waals surface area contributed by atoms with Crippen LogP contribution in [0.2, 0.25) is 0 Å². The summed E-state index contributed by atoms with van der Waals surface area (Å²) in [5, 5.41) is 44.9. The lowest BCUT2D eigenvalue weighted by Crippen LogP contribution is -2.61. The quantitative estimate of drug-likeness (QED) is 0.131. The van der Waals surface area contributed by atoms with Crippen molar-refractivity contribution < 1.29 is 39.0 Å². The molecule has 0 aromatic heterocycles. The molecular formula is C39H47N3O8. The average molecular weight is 686 g/mol. The van der Waals surface area contributed by atoms with Gasteiger partial charge in [-0.15, -0.1) is 0 Å². The zero-order chi connectivity index (χ0) is 34.7. The lowest BCUT2D eigenvalue weighted by atomic mass is 9.74. The minimum Gasteiger partial charge on any atom is -0.502 e. The molecule has 11 heteroatoms. The van der Waals surface area contributed by atoms with Crippen LogP contribution in [0.5, 0.6) is 34.5 Å². The van der Waals surface area contributed by atoms with E-state index in [4.69, 9.17) is 23.7 Å². The van der Waals surface area contributed by atoms with Crippen LogP contribution in [0, 0.1) is 5.92 Å². The zero-order valence-electron chi connectivity index (χ0n) is 29.1. The fraction of sp³-hybridized carbons (Fsp3) is 0.487. The van der Waals surface area contributed by atoms with Crippen LogP contribution in [0.4, 0.5) is 5.69 Å². The first-order valence-electron chi connectivity index (χ1n) is 17.8. The van der Waals surface area contributed by atoms with Crippen LogP contribution in [-0.4, -0.2) is 68.1 Å². The first-order valence-corrected chi connectivity index (χ1v) is 17.8. The van der Waals surface area contributed by atoms with Crippen LogP contribution in [-0.2, 0) is 12.8 Å². The summed E-state index contributed by atoms with van der Waals surface area (Å²) in [7, 11) is 4.87. The third-order valence-corrected chi connectivity index (χ3v) is 11.2. The summed E-state index contributed by atoms with van der Waals surface area (Å²) < 4.78 is 30.9. The molecule has 2 aliphatic carbocycles. The fourth-order valence-electron chi connectivity index (χ4n) is 8.84. The standard InChI is InChI=1S/C39H47N3O8/c1-20-8-9-22-7-5-6-12-39(22,42-20)50-29-18-27(48-14-13-40-2)23-10-11-24-32-26(41-38(45)35(29)34(23)32)17-28-33(24)36(43)25(19-49-28)21-15-30(46-3)37(44)31(16-21)47-4/h8-9,15-18,20,22,25,36,38,40-45H,5-7,10-14,19H2,1-4H3/t20-,22+,25+,36+,38+,39+/m1/s1. The Morgan fingerprint density at radius 3 is 2.48 bits per heavy atom. The maximum atomic E-state index is 12.2. The maximum absolute atomic E-state index is 12.2. The predicted octanol–water partition coefficient (Wildman–Crippen LogP) is 5.21. The number of benzene rings is 3. The molecule has 0 unspecified atom stereocenters. The fourth-order valence-corrected chi connectivity index (χ4v) is 8.84. The molecule has 11 nitrogen and oxygen atoms in total. The summed E-state index contributed by atoms with van der Waals surface area (Å²) in [6, 6.07) is 7.47. The van der Waals surface area contributed by atoms with Crippen molar-refractivity contribution in [3.63, 3.8) is 0 Å². The highest BCUT2D eigenvalue weighted by Crippen LogP contribution is 2.58. The monoisotopic (exact) mass is 685 g/mol. The topological polar surface area (TPSA) is 143 Å². The summed E-state index contributed by atoms with van der Waals surface area (Å²) in [4.78, 5) is 0. The van der Waals surface area contributed by atoms with Crippen molar-refractivity contribution >= 4 is 5.69 Å². The molecule has 1 saturated carbocycles. The Kier molecular flexibility index (Phi) is 8.49. The van der Waals surface area contributed by atoms with Crippen LogP contribution in [0.3, 0.4) is 0 Å². The number of aliphatic hydroxyl groups is 2. The molecule has 50 heavy (non-hydrogen) atoms. The highest BCUT2D eigenvalue weighted by molar-refractivity contribution is 5.93. The number of likely N-dealkylation sites (N-methyl/N-ethyl adjacent to an activating group) is 1. The number of fused-ring (bicyclic) bond motifs is 3. The second-order valence-electron chi connectivity index (χ2n) is 14.1. The molecule has 3 heterocycles. The van der Waals surface area contributed by atoms with Gasteiger partial charge >= 0.3 is 0 Å². The van der Waals surface area contributed by atoms with Gasteiger partial charge in [0.25, 0.3) is 0 Å². The van der Waals surface area contributed by atoms with Gasteiger partial charge in [0.15, 0.2) is 23.5 Å². The molecule has 3 aromatic carbocycles. The summed E-state index contributed by atoms with van der Waals surface area (Å²) in [5.74, 6) is 2.11. The number of aliphatic hydroxyl groups excluding tert-OH is 2. The van der Waals surface area contributed by atoms with Gasteiger partial charge < -0.3 is 49.6 Å². The lowest BCUT2D eigenvalue weighted by molar-refractivity contribution is -0.0468. The normalized spacial score (nSPS) is 27.2. The van der Waals surface area contributed by atoms with E-state index in [0.29, 0.717) is 43.1 Å². The minimum absolute atomic E-state index is 0.0953. The number of phenolic OH excluding ortho intramolecular Hbond substituents is 1. The second-order valence-corrected chi connectivity index (χ2v) is 14.1. The SMILES string of the molecule is CNCCOc1cc(O[C@@]23CCCC[C@H]2C=C[C@@H](C)N3)c2c3c1CCc1c-3c(cc3c1[C@@H](O)[C@H](c1cc(OC)c(O)c(OC)c1)CO3)N[C@H]2O. The van der Waals surface area contributed by atoms with E-state index in [0.717, 1.165) is 70.5 Å². The molecule has 6 atom stereocenters. The molecule has 0 bridgehead atoms. The lowest BCUT2D eigenvalue weighted by Gasteiger charge is -2.48. The number of hydrogen-bond acceptors (Lipinski definition) is 11. The number of rotatable bonds is 9. The number of phenols is 1. The van der Waals surface area contributed by atoms with Crippen molar-refractivity contribution in [1.29, 1.82) is 0 Å². The van der Waals surface area contributed by atoms with Crippen LogP contribution in [0.15, 0.2) is 36.4 Å². The van der Waals surface area contributed by atoms with Gasteiger partial charge in [0.05, 0.1) is 32.5 Å². The summed E-state index contributed by atoms with van der Waals surface area (Å²) in [6.07, 6.45) is 7.93. The first kappa shape index (κ1) is 33.0. The Morgan fingerprint density at radius 1 is 0.940 bits per heavy atom. The summed E-state index contributed by atoms with van der Waals surface area (Å²) in [6.45, 7) is 3.51. The smallest absolute Gasteiger partial charge is 0.200 e. The van der Waals surface area contributed by atoms with Gasteiger partial charge in [0.1, 0.15) is 23.9 Å².